The van der Waals surface area contributed by atoms with Crippen molar-refractivity contribution >= 4 is 23.4 Å². The first-order valence-electron chi connectivity index (χ1n) is 7.12. The summed E-state index contributed by atoms with van der Waals surface area (Å²) in [4.78, 5) is 9.96. The van der Waals surface area contributed by atoms with Crippen molar-refractivity contribution in [3.05, 3.63) is 52.8 Å². The number of aromatic nitrogens is 2. The highest BCUT2D eigenvalue weighted by Gasteiger charge is 2.19. The third kappa shape index (κ3) is 3.95. The van der Waals surface area contributed by atoms with Crippen LogP contribution in [-0.2, 0) is 5.75 Å². The molecule has 5 heteroatoms. The molecule has 1 heterocycles. The lowest BCUT2D eigenvalue weighted by molar-refractivity contribution is 0.626. The Labute approximate surface area is 133 Å². The molecule has 0 aliphatic heterocycles. The molecule has 0 saturated heterocycles. The largest absolute Gasteiger partial charge is 0.237 e. The Morgan fingerprint density at radius 3 is 2.57 bits per heavy atom. The maximum absolute atomic E-state index is 12.9. The van der Waals surface area contributed by atoms with Crippen LogP contribution in [0.3, 0.4) is 0 Å². The first kappa shape index (κ1) is 14.8. The second-order valence-corrected chi connectivity index (χ2v) is 6.69. The van der Waals surface area contributed by atoms with E-state index in [1.54, 1.807) is 23.9 Å². The van der Waals surface area contributed by atoms with Crippen molar-refractivity contribution in [2.45, 2.75) is 42.2 Å². The number of benzene rings is 1. The monoisotopic (exact) mass is 322 g/mol. The summed E-state index contributed by atoms with van der Waals surface area (Å²) in [5.74, 6) is 1.70. The lowest BCUT2D eigenvalue weighted by atomic mass is 10.0. The standard InChI is InChI=1S/C16H16ClFN2S/c17-15-9-14(11-3-1-2-4-11)19-16(20-15)10-21-13-7-5-12(18)6-8-13/h5-9,11H,1-4,10H2. The molecule has 1 aliphatic rings. The number of nitrogens with zero attached hydrogens (tertiary/aromatic N) is 2. The average molecular weight is 323 g/mol. The topological polar surface area (TPSA) is 25.8 Å². The van der Waals surface area contributed by atoms with Crippen LogP contribution in [0.1, 0.15) is 43.1 Å². The molecule has 1 aromatic carbocycles. The molecule has 0 unspecified atom stereocenters. The molecule has 21 heavy (non-hydrogen) atoms. The van der Waals surface area contributed by atoms with Crippen LogP contribution in [0.15, 0.2) is 35.2 Å². The van der Waals surface area contributed by atoms with E-state index in [1.807, 2.05) is 6.07 Å². The van der Waals surface area contributed by atoms with Crippen molar-refractivity contribution in [3.8, 4) is 0 Å². The highest BCUT2D eigenvalue weighted by Crippen LogP contribution is 2.34. The number of rotatable bonds is 4. The van der Waals surface area contributed by atoms with Crippen LogP contribution in [-0.4, -0.2) is 9.97 Å². The van der Waals surface area contributed by atoms with Gasteiger partial charge in [0.05, 0.1) is 5.75 Å². The zero-order chi connectivity index (χ0) is 14.7. The van der Waals surface area contributed by atoms with Gasteiger partial charge in [0.25, 0.3) is 0 Å². The molecule has 1 aliphatic carbocycles. The first-order valence-corrected chi connectivity index (χ1v) is 8.49. The fraction of sp³-hybridized carbons (Fsp3) is 0.375. The molecule has 0 amide bonds. The molecule has 110 valence electrons. The summed E-state index contributed by atoms with van der Waals surface area (Å²) in [5.41, 5.74) is 1.07. The minimum absolute atomic E-state index is 0.220. The molecule has 1 saturated carbocycles. The number of hydrogen-bond acceptors (Lipinski definition) is 3. The van der Waals surface area contributed by atoms with Gasteiger partial charge in [-0.1, -0.05) is 24.4 Å². The summed E-state index contributed by atoms with van der Waals surface area (Å²) >= 11 is 7.71. The fourth-order valence-electron chi connectivity index (χ4n) is 2.66. The van der Waals surface area contributed by atoms with Crippen molar-refractivity contribution in [2.75, 3.05) is 0 Å². The predicted octanol–water partition coefficient (Wildman–Crippen LogP) is 5.22. The molecule has 0 atom stereocenters. The second-order valence-electron chi connectivity index (χ2n) is 5.26. The van der Waals surface area contributed by atoms with E-state index in [9.17, 15) is 4.39 Å². The summed E-state index contributed by atoms with van der Waals surface area (Å²) in [7, 11) is 0. The molecule has 3 rings (SSSR count). The number of halogens is 2. The smallest absolute Gasteiger partial charge is 0.140 e. The van der Waals surface area contributed by atoms with Gasteiger partial charge in [-0.05, 0) is 43.2 Å². The van der Waals surface area contributed by atoms with Gasteiger partial charge in [0.15, 0.2) is 0 Å². The third-order valence-electron chi connectivity index (χ3n) is 3.72. The Balaban J connectivity index is 1.71. The normalized spacial score (nSPS) is 15.5. The van der Waals surface area contributed by atoms with Gasteiger partial charge in [0.1, 0.15) is 16.8 Å². The van der Waals surface area contributed by atoms with Gasteiger partial charge < -0.3 is 0 Å². The zero-order valence-electron chi connectivity index (χ0n) is 11.6. The molecule has 1 aromatic heterocycles. The van der Waals surface area contributed by atoms with Crippen LogP contribution < -0.4 is 0 Å². The van der Waals surface area contributed by atoms with Crippen LogP contribution in [0.2, 0.25) is 5.15 Å². The molecule has 0 spiro atoms. The van der Waals surface area contributed by atoms with E-state index >= 15 is 0 Å². The molecule has 1 fully saturated rings. The first-order chi connectivity index (χ1) is 10.2. The molecule has 2 aromatic rings. The van der Waals surface area contributed by atoms with Crippen LogP contribution in [0.25, 0.3) is 0 Å². The Morgan fingerprint density at radius 1 is 1.14 bits per heavy atom. The molecule has 2 nitrogen and oxygen atoms in total. The predicted molar refractivity (Wildman–Crippen MR) is 84.2 cm³/mol. The van der Waals surface area contributed by atoms with Crippen molar-refractivity contribution in [3.63, 3.8) is 0 Å². The van der Waals surface area contributed by atoms with E-state index in [0.717, 1.165) is 16.4 Å². The van der Waals surface area contributed by atoms with Crippen LogP contribution in [0.4, 0.5) is 4.39 Å². The second kappa shape index (κ2) is 6.75. The highest BCUT2D eigenvalue weighted by molar-refractivity contribution is 7.98. The SMILES string of the molecule is Fc1ccc(SCc2nc(Cl)cc(C3CCCC3)n2)cc1. The molecule has 0 bridgehead atoms. The summed E-state index contributed by atoms with van der Waals surface area (Å²) < 4.78 is 12.9. The van der Waals surface area contributed by atoms with E-state index in [4.69, 9.17) is 11.6 Å². The van der Waals surface area contributed by atoms with Gasteiger partial charge in [-0.25, -0.2) is 14.4 Å². The quantitative estimate of drug-likeness (QED) is 0.570. The number of hydrogen-bond donors (Lipinski definition) is 0. The Morgan fingerprint density at radius 2 is 1.86 bits per heavy atom. The summed E-state index contributed by atoms with van der Waals surface area (Å²) in [6.45, 7) is 0. The Kier molecular flexibility index (Phi) is 4.76. The lowest BCUT2D eigenvalue weighted by Crippen LogP contribution is -2.02. The minimum atomic E-state index is -0.220. The van der Waals surface area contributed by atoms with Gasteiger partial charge in [0.2, 0.25) is 0 Å². The number of thioether (sulfide) groups is 1. The van der Waals surface area contributed by atoms with Gasteiger partial charge in [-0.15, -0.1) is 11.8 Å². The van der Waals surface area contributed by atoms with Crippen molar-refractivity contribution < 1.29 is 4.39 Å². The van der Waals surface area contributed by atoms with E-state index in [1.165, 1.54) is 37.8 Å². The average Bonchev–Trinajstić information content (AvgIpc) is 3.00. The summed E-state index contributed by atoms with van der Waals surface area (Å²) in [5, 5.41) is 0.515. The molecular weight excluding hydrogens is 307 g/mol. The Bertz CT molecular complexity index is 612. The van der Waals surface area contributed by atoms with Crippen molar-refractivity contribution in [2.24, 2.45) is 0 Å². The lowest BCUT2D eigenvalue weighted by Gasteiger charge is -2.10. The summed E-state index contributed by atoms with van der Waals surface area (Å²) in [6.07, 6.45) is 4.92. The van der Waals surface area contributed by atoms with E-state index in [-0.39, 0.29) is 5.82 Å². The van der Waals surface area contributed by atoms with Crippen LogP contribution >= 0.6 is 23.4 Å². The van der Waals surface area contributed by atoms with Gasteiger partial charge in [-0.2, -0.15) is 0 Å². The molecule has 0 radical (unpaired) electrons. The van der Waals surface area contributed by atoms with Crippen molar-refractivity contribution in [1.82, 2.24) is 9.97 Å². The molecular formula is C16H16ClFN2S. The van der Waals surface area contributed by atoms with E-state index < -0.39 is 0 Å². The third-order valence-corrected chi connectivity index (χ3v) is 4.92. The van der Waals surface area contributed by atoms with Gasteiger partial charge >= 0.3 is 0 Å². The van der Waals surface area contributed by atoms with Gasteiger partial charge in [0, 0.05) is 16.5 Å². The maximum Gasteiger partial charge on any atom is 0.140 e. The summed E-state index contributed by atoms with van der Waals surface area (Å²) in [6, 6.07) is 8.35. The van der Waals surface area contributed by atoms with E-state index in [2.05, 4.69) is 9.97 Å². The van der Waals surface area contributed by atoms with Gasteiger partial charge in [-0.3, -0.25) is 0 Å². The minimum Gasteiger partial charge on any atom is -0.237 e. The Hall–Kier alpha value is -1.13. The highest BCUT2D eigenvalue weighted by atomic mass is 35.5. The fourth-order valence-corrected chi connectivity index (χ4v) is 3.62. The van der Waals surface area contributed by atoms with E-state index in [0.29, 0.717) is 16.8 Å². The zero-order valence-corrected chi connectivity index (χ0v) is 13.1. The molecule has 0 N–H and O–H groups in total. The van der Waals surface area contributed by atoms with Crippen molar-refractivity contribution in [1.29, 1.82) is 0 Å². The van der Waals surface area contributed by atoms with Crippen LogP contribution in [0.5, 0.6) is 0 Å². The maximum atomic E-state index is 12.9. The van der Waals surface area contributed by atoms with Crippen LogP contribution in [0, 0.1) is 5.82 Å².